The number of likely N-dealkylation sites (tertiary alicyclic amines) is 1. The molecule has 2 nitrogen and oxygen atoms in total. The Hall–Kier alpha value is -0.340. The van der Waals surface area contributed by atoms with E-state index in [0.717, 1.165) is 32.5 Å². The minimum atomic E-state index is 0.217. The van der Waals surface area contributed by atoms with Gasteiger partial charge in [-0.25, -0.2) is 0 Å². The number of hydrogen-bond acceptors (Lipinski definition) is 2. The maximum absolute atomic E-state index is 6.15. The highest BCUT2D eigenvalue weighted by molar-refractivity contribution is 4.99. The molecule has 0 aromatic carbocycles. The molecule has 1 aliphatic heterocycles. The molecule has 14 heavy (non-hydrogen) atoms. The predicted molar refractivity (Wildman–Crippen MR) is 62.2 cm³/mol. The summed E-state index contributed by atoms with van der Waals surface area (Å²) in [6.45, 7) is 14.0. The van der Waals surface area contributed by atoms with E-state index in [0.29, 0.717) is 0 Å². The molecule has 1 atom stereocenters. The zero-order chi connectivity index (χ0) is 10.8. The molecule has 0 amide bonds. The van der Waals surface area contributed by atoms with Crippen LogP contribution in [-0.2, 0) is 0 Å². The first kappa shape index (κ1) is 11.7. The average molecular weight is 196 g/mol. The summed E-state index contributed by atoms with van der Waals surface area (Å²) in [5.41, 5.74) is 7.76. The minimum absolute atomic E-state index is 0.217. The van der Waals surface area contributed by atoms with Crippen molar-refractivity contribution < 1.29 is 0 Å². The second kappa shape index (κ2) is 4.45. The standard InChI is InChI=1S/C12H24N2/c1-10-5-7-14(8-6-10)9-11(13)12(2,3)4/h11H,1,5-9,13H2,2-4H3/t11-/m0/s1. The summed E-state index contributed by atoms with van der Waals surface area (Å²) in [6, 6.07) is 0.272. The van der Waals surface area contributed by atoms with Crippen molar-refractivity contribution in [2.75, 3.05) is 19.6 Å². The second-order valence-electron chi connectivity index (χ2n) is 5.52. The molecule has 1 fully saturated rings. The molecule has 0 bridgehead atoms. The molecule has 1 aliphatic rings. The molecule has 1 saturated heterocycles. The van der Waals surface area contributed by atoms with Gasteiger partial charge in [-0.3, -0.25) is 0 Å². The largest absolute Gasteiger partial charge is 0.326 e. The fourth-order valence-corrected chi connectivity index (χ4v) is 1.60. The van der Waals surface area contributed by atoms with Crippen LogP contribution in [0.4, 0.5) is 0 Å². The van der Waals surface area contributed by atoms with E-state index in [2.05, 4.69) is 32.3 Å². The Labute approximate surface area is 88.2 Å². The molecule has 0 unspecified atom stereocenters. The fraction of sp³-hybridized carbons (Fsp3) is 0.833. The van der Waals surface area contributed by atoms with Gasteiger partial charge in [0, 0.05) is 25.7 Å². The molecule has 2 N–H and O–H groups in total. The Bertz CT molecular complexity index is 193. The highest BCUT2D eigenvalue weighted by atomic mass is 15.1. The third-order valence-corrected chi connectivity index (χ3v) is 3.13. The van der Waals surface area contributed by atoms with Crippen LogP contribution < -0.4 is 5.73 Å². The number of hydrogen-bond donors (Lipinski definition) is 1. The van der Waals surface area contributed by atoms with Gasteiger partial charge >= 0.3 is 0 Å². The summed E-state index contributed by atoms with van der Waals surface area (Å²) < 4.78 is 0. The van der Waals surface area contributed by atoms with Crippen molar-refractivity contribution in [2.24, 2.45) is 11.1 Å². The van der Waals surface area contributed by atoms with Crippen molar-refractivity contribution in [1.82, 2.24) is 4.90 Å². The van der Waals surface area contributed by atoms with Crippen LogP contribution in [0, 0.1) is 5.41 Å². The van der Waals surface area contributed by atoms with Gasteiger partial charge in [0.15, 0.2) is 0 Å². The molecule has 82 valence electrons. The zero-order valence-corrected chi connectivity index (χ0v) is 9.84. The minimum Gasteiger partial charge on any atom is -0.326 e. The molecule has 1 rings (SSSR count). The van der Waals surface area contributed by atoms with Crippen molar-refractivity contribution >= 4 is 0 Å². The van der Waals surface area contributed by atoms with Gasteiger partial charge in [0.1, 0.15) is 0 Å². The van der Waals surface area contributed by atoms with Crippen LogP contribution in [0.25, 0.3) is 0 Å². The first-order valence-corrected chi connectivity index (χ1v) is 5.54. The Kier molecular flexibility index (Phi) is 3.73. The lowest BCUT2D eigenvalue weighted by Gasteiger charge is -2.35. The van der Waals surface area contributed by atoms with Crippen LogP contribution in [0.3, 0.4) is 0 Å². The third-order valence-electron chi connectivity index (χ3n) is 3.13. The van der Waals surface area contributed by atoms with Gasteiger partial charge in [0.25, 0.3) is 0 Å². The van der Waals surface area contributed by atoms with E-state index >= 15 is 0 Å². The summed E-state index contributed by atoms with van der Waals surface area (Å²) in [4.78, 5) is 2.46. The quantitative estimate of drug-likeness (QED) is 0.685. The lowest BCUT2D eigenvalue weighted by molar-refractivity contribution is 0.189. The summed E-state index contributed by atoms with van der Waals surface area (Å²) in [5.74, 6) is 0. The summed E-state index contributed by atoms with van der Waals surface area (Å²) in [7, 11) is 0. The molecule has 0 aromatic heterocycles. The van der Waals surface area contributed by atoms with Gasteiger partial charge < -0.3 is 10.6 Å². The highest BCUT2D eigenvalue weighted by Crippen LogP contribution is 2.20. The monoisotopic (exact) mass is 196 g/mol. The van der Waals surface area contributed by atoms with Gasteiger partial charge in [-0.2, -0.15) is 0 Å². The smallest absolute Gasteiger partial charge is 0.0217 e. The molecule has 2 heteroatoms. The van der Waals surface area contributed by atoms with Crippen molar-refractivity contribution in [1.29, 1.82) is 0 Å². The number of nitrogens with zero attached hydrogens (tertiary/aromatic N) is 1. The van der Waals surface area contributed by atoms with E-state index in [1.807, 2.05) is 0 Å². The lowest BCUT2D eigenvalue weighted by atomic mass is 9.87. The van der Waals surface area contributed by atoms with Crippen LogP contribution in [0.2, 0.25) is 0 Å². The first-order valence-electron chi connectivity index (χ1n) is 5.54. The van der Waals surface area contributed by atoms with Crippen LogP contribution in [0.5, 0.6) is 0 Å². The van der Waals surface area contributed by atoms with Gasteiger partial charge in [0.2, 0.25) is 0 Å². The van der Waals surface area contributed by atoms with Crippen LogP contribution in [0.1, 0.15) is 33.6 Å². The second-order valence-corrected chi connectivity index (χ2v) is 5.52. The average Bonchev–Trinajstić information content (AvgIpc) is 2.07. The molecule has 0 radical (unpaired) electrons. The number of rotatable bonds is 2. The predicted octanol–water partition coefficient (Wildman–Crippen LogP) is 2.01. The van der Waals surface area contributed by atoms with E-state index in [1.54, 1.807) is 0 Å². The molecule has 0 saturated carbocycles. The molecule has 0 spiro atoms. The van der Waals surface area contributed by atoms with Crippen LogP contribution in [0.15, 0.2) is 12.2 Å². The molecule has 0 aromatic rings. The van der Waals surface area contributed by atoms with Crippen molar-refractivity contribution in [2.45, 2.75) is 39.7 Å². The van der Waals surface area contributed by atoms with Crippen molar-refractivity contribution in [3.8, 4) is 0 Å². The summed E-state index contributed by atoms with van der Waals surface area (Å²) in [6.07, 6.45) is 2.30. The van der Waals surface area contributed by atoms with Gasteiger partial charge in [-0.05, 0) is 18.3 Å². The maximum atomic E-state index is 6.15. The van der Waals surface area contributed by atoms with E-state index < -0.39 is 0 Å². The van der Waals surface area contributed by atoms with E-state index in [9.17, 15) is 0 Å². The van der Waals surface area contributed by atoms with Crippen LogP contribution in [-0.4, -0.2) is 30.6 Å². The normalized spacial score (nSPS) is 22.4. The van der Waals surface area contributed by atoms with E-state index in [1.165, 1.54) is 5.57 Å². The van der Waals surface area contributed by atoms with Crippen molar-refractivity contribution in [3.63, 3.8) is 0 Å². The van der Waals surface area contributed by atoms with Gasteiger partial charge in [0.05, 0.1) is 0 Å². The van der Waals surface area contributed by atoms with Gasteiger partial charge in [-0.1, -0.05) is 32.9 Å². The molecular formula is C12H24N2. The molecular weight excluding hydrogens is 172 g/mol. The van der Waals surface area contributed by atoms with E-state index in [4.69, 9.17) is 5.73 Å². The van der Waals surface area contributed by atoms with Crippen molar-refractivity contribution in [3.05, 3.63) is 12.2 Å². The number of piperidine rings is 1. The summed E-state index contributed by atoms with van der Waals surface area (Å²) in [5, 5.41) is 0. The molecule has 1 heterocycles. The fourth-order valence-electron chi connectivity index (χ4n) is 1.60. The lowest BCUT2D eigenvalue weighted by Crippen LogP contribution is -2.46. The molecule has 0 aliphatic carbocycles. The summed E-state index contributed by atoms with van der Waals surface area (Å²) >= 11 is 0. The maximum Gasteiger partial charge on any atom is 0.0217 e. The Morgan fingerprint density at radius 2 is 1.86 bits per heavy atom. The Morgan fingerprint density at radius 3 is 2.29 bits per heavy atom. The van der Waals surface area contributed by atoms with E-state index in [-0.39, 0.29) is 11.5 Å². The highest BCUT2D eigenvalue weighted by Gasteiger charge is 2.24. The topological polar surface area (TPSA) is 29.3 Å². The van der Waals surface area contributed by atoms with Gasteiger partial charge in [-0.15, -0.1) is 0 Å². The third kappa shape index (κ3) is 3.43. The zero-order valence-electron chi connectivity index (χ0n) is 9.84. The first-order chi connectivity index (χ1) is 6.39. The Morgan fingerprint density at radius 1 is 1.36 bits per heavy atom. The number of nitrogens with two attached hydrogens (primary N) is 1. The SMILES string of the molecule is C=C1CCN(C[C@H](N)C(C)(C)C)CC1. The Balaban J connectivity index is 2.34. The van der Waals surface area contributed by atoms with Crippen LogP contribution >= 0.6 is 0 Å².